The maximum atomic E-state index is 12.3. The Hall–Kier alpha value is -1.10. The smallest absolute Gasteiger partial charge is 0.239 e. The van der Waals surface area contributed by atoms with Crippen LogP contribution in [0, 0.1) is 23.2 Å². The van der Waals surface area contributed by atoms with Crippen molar-refractivity contribution in [3.05, 3.63) is 0 Å². The van der Waals surface area contributed by atoms with Crippen LogP contribution in [0.5, 0.6) is 0 Å². The lowest BCUT2D eigenvalue weighted by molar-refractivity contribution is -0.131. The Morgan fingerprint density at radius 1 is 1.00 bits per heavy atom. The van der Waals surface area contributed by atoms with Gasteiger partial charge in [0.15, 0.2) is 0 Å². The van der Waals surface area contributed by atoms with E-state index in [9.17, 15) is 9.59 Å². The van der Waals surface area contributed by atoms with Gasteiger partial charge in [-0.2, -0.15) is 0 Å². The van der Waals surface area contributed by atoms with Gasteiger partial charge in [0.2, 0.25) is 11.8 Å². The highest BCUT2D eigenvalue weighted by molar-refractivity contribution is 5.84. The molecule has 0 radical (unpaired) electrons. The zero-order valence-electron chi connectivity index (χ0n) is 14.2. The van der Waals surface area contributed by atoms with E-state index in [0.717, 1.165) is 24.2 Å². The fourth-order valence-electron chi connectivity index (χ4n) is 5.60. The molecule has 0 aliphatic heterocycles. The Bertz CT molecular complexity index is 414. The molecule has 0 spiro atoms. The highest BCUT2D eigenvalue weighted by atomic mass is 16.5. The van der Waals surface area contributed by atoms with Crippen LogP contribution >= 0.6 is 0 Å². The predicted molar refractivity (Wildman–Crippen MR) is 87.7 cm³/mol. The van der Waals surface area contributed by atoms with Gasteiger partial charge in [-0.05, 0) is 68.1 Å². The fraction of sp³-hybridized carbons (Fsp3) is 0.889. The van der Waals surface area contributed by atoms with Gasteiger partial charge in [0, 0.05) is 26.7 Å². The van der Waals surface area contributed by atoms with Crippen LogP contribution in [0.2, 0.25) is 0 Å². The van der Waals surface area contributed by atoms with Gasteiger partial charge >= 0.3 is 0 Å². The number of ether oxygens (including phenoxy) is 1. The van der Waals surface area contributed by atoms with Gasteiger partial charge in [0.25, 0.3) is 0 Å². The Morgan fingerprint density at radius 3 is 2.17 bits per heavy atom. The number of carbonyl (C=O) groups is 2. The van der Waals surface area contributed by atoms with Crippen molar-refractivity contribution in [3.8, 4) is 0 Å². The van der Waals surface area contributed by atoms with Gasteiger partial charge < -0.3 is 15.4 Å². The highest BCUT2D eigenvalue weighted by Gasteiger charge is 2.51. The molecule has 4 saturated carbocycles. The third-order valence-electron chi connectivity index (χ3n) is 5.99. The molecule has 4 aliphatic rings. The van der Waals surface area contributed by atoms with E-state index in [1.165, 1.54) is 38.5 Å². The van der Waals surface area contributed by atoms with E-state index >= 15 is 0 Å². The third-order valence-corrected chi connectivity index (χ3v) is 5.99. The number of hydrogen-bond donors (Lipinski definition) is 2. The van der Waals surface area contributed by atoms with Crippen molar-refractivity contribution in [2.45, 2.75) is 51.4 Å². The van der Waals surface area contributed by atoms with Crippen LogP contribution in [-0.2, 0) is 14.3 Å². The van der Waals surface area contributed by atoms with E-state index in [-0.39, 0.29) is 23.8 Å². The van der Waals surface area contributed by atoms with E-state index in [1.807, 2.05) is 0 Å². The molecule has 5 nitrogen and oxygen atoms in total. The standard InChI is InChI=1S/C18H30N2O3/c1-23-4-2-3-19-17(22)12-20-16(21)11-18-8-13-5-14(9-18)7-15(6-13)10-18/h13-15H,2-12H2,1H3,(H,19,22)(H,20,21). The van der Waals surface area contributed by atoms with Crippen molar-refractivity contribution in [2.24, 2.45) is 23.2 Å². The molecule has 4 bridgehead atoms. The number of hydrogen-bond acceptors (Lipinski definition) is 3. The maximum Gasteiger partial charge on any atom is 0.239 e. The van der Waals surface area contributed by atoms with Crippen LogP contribution in [0.25, 0.3) is 0 Å². The number of amides is 2. The number of nitrogens with one attached hydrogen (secondary N) is 2. The van der Waals surface area contributed by atoms with E-state index < -0.39 is 0 Å². The first kappa shape index (κ1) is 16.7. The summed E-state index contributed by atoms with van der Waals surface area (Å²) in [4.78, 5) is 24.0. The lowest BCUT2D eigenvalue weighted by atomic mass is 9.49. The molecular weight excluding hydrogens is 292 g/mol. The summed E-state index contributed by atoms with van der Waals surface area (Å²) in [7, 11) is 1.65. The molecule has 0 aromatic rings. The van der Waals surface area contributed by atoms with Crippen molar-refractivity contribution >= 4 is 11.8 Å². The highest BCUT2D eigenvalue weighted by Crippen LogP contribution is 2.61. The van der Waals surface area contributed by atoms with Crippen LogP contribution in [0.3, 0.4) is 0 Å². The SMILES string of the molecule is COCCCNC(=O)CNC(=O)CC12CC3CC(CC(C3)C1)C2. The van der Waals surface area contributed by atoms with E-state index in [2.05, 4.69) is 10.6 Å². The third kappa shape index (κ3) is 4.25. The quantitative estimate of drug-likeness (QED) is 0.670. The molecule has 4 fully saturated rings. The molecule has 0 saturated heterocycles. The maximum absolute atomic E-state index is 12.3. The molecule has 5 heteroatoms. The second-order valence-corrected chi connectivity index (χ2v) is 8.07. The topological polar surface area (TPSA) is 67.4 Å². The first-order valence-corrected chi connectivity index (χ1v) is 9.11. The number of methoxy groups -OCH3 is 1. The molecule has 23 heavy (non-hydrogen) atoms. The summed E-state index contributed by atoms with van der Waals surface area (Å²) in [5, 5.41) is 5.61. The first-order valence-electron chi connectivity index (χ1n) is 9.11. The monoisotopic (exact) mass is 322 g/mol. The van der Waals surface area contributed by atoms with Crippen molar-refractivity contribution < 1.29 is 14.3 Å². The Morgan fingerprint density at radius 2 is 1.61 bits per heavy atom. The number of rotatable bonds is 8. The van der Waals surface area contributed by atoms with Crippen LogP contribution in [0.1, 0.15) is 51.4 Å². The summed E-state index contributed by atoms with van der Waals surface area (Å²) >= 11 is 0. The minimum Gasteiger partial charge on any atom is -0.385 e. The molecular formula is C18H30N2O3. The summed E-state index contributed by atoms with van der Waals surface area (Å²) in [6.07, 6.45) is 9.29. The average Bonchev–Trinajstić information content (AvgIpc) is 2.48. The van der Waals surface area contributed by atoms with E-state index in [1.54, 1.807) is 7.11 Å². The molecule has 0 heterocycles. The molecule has 0 aromatic carbocycles. The van der Waals surface area contributed by atoms with Gasteiger partial charge in [-0.25, -0.2) is 0 Å². The van der Waals surface area contributed by atoms with Crippen molar-refractivity contribution in [2.75, 3.05) is 26.8 Å². The summed E-state index contributed by atoms with van der Waals surface area (Å²) in [6, 6.07) is 0. The van der Waals surface area contributed by atoms with Gasteiger partial charge in [-0.1, -0.05) is 0 Å². The zero-order valence-corrected chi connectivity index (χ0v) is 14.2. The first-order chi connectivity index (χ1) is 11.1. The molecule has 2 N–H and O–H groups in total. The molecule has 0 aromatic heterocycles. The van der Waals surface area contributed by atoms with Crippen molar-refractivity contribution in [3.63, 3.8) is 0 Å². The van der Waals surface area contributed by atoms with Crippen LogP contribution < -0.4 is 10.6 Å². The summed E-state index contributed by atoms with van der Waals surface area (Å²) in [5.74, 6) is 2.52. The largest absolute Gasteiger partial charge is 0.385 e. The second kappa shape index (κ2) is 7.20. The van der Waals surface area contributed by atoms with Crippen LogP contribution in [-0.4, -0.2) is 38.6 Å². The fourth-order valence-corrected chi connectivity index (χ4v) is 5.60. The normalized spacial score (nSPS) is 34.4. The second-order valence-electron chi connectivity index (χ2n) is 8.07. The lowest BCUT2D eigenvalue weighted by Gasteiger charge is -2.56. The van der Waals surface area contributed by atoms with E-state index in [0.29, 0.717) is 19.6 Å². The Kier molecular flexibility index (Phi) is 5.24. The van der Waals surface area contributed by atoms with Crippen LogP contribution in [0.15, 0.2) is 0 Å². The van der Waals surface area contributed by atoms with Gasteiger partial charge in [0.05, 0.1) is 6.54 Å². The van der Waals surface area contributed by atoms with Crippen LogP contribution in [0.4, 0.5) is 0 Å². The van der Waals surface area contributed by atoms with Gasteiger partial charge in [-0.15, -0.1) is 0 Å². The van der Waals surface area contributed by atoms with Crippen molar-refractivity contribution in [1.82, 2.24) is 10.6 Å². The summed E-state index contributed by atoms with van der Waals surface area (Å²) < 4.78 is 4.94. The van der Waals surface area contributed by atoms with E-state index in [4.69, 9.17) is 4.74 Å². The van der Waals surface area contributed by atoms with Gasteiger partial charge in [-0.3, -0.25) is 9.59 Å². The molecule has 4 aliphatic carbocycles. The Balaban J connectivity index is 1.39. The van der Waals surface area contributed by atoms with Crippen molar-refractivity contribution in [1.29, 1.82) is 0 Å². The zero-order chi connectivity index (χ0) is 16.3. The minimum atomic E-state index is -0.111. The molecule has 0 unspecified atom stereocenters. The van der Waals surface area contributed by atoms with Gasteiger partial charge in [0.1, 0.15) is 0 Å². The summed E-state index contributed by atoms with van der Waals surface area (Å²) in [6.45, 7) is 1.33. The lowest BCUT2D eigenvalue weighted by Crippen LogP contribution is -2.48. The molecule has 2 amide bonds. The molecule has 0 atom stereocenters. The molecule has 130 valence electrons. The number of carbonyl (C=O) groups excluding carboxylic acids is 2. The Labute approximate surface area is 138 Å². The predicted octanol–water partition coefficient (Wildman–Crippen LogP) is 1.86. The average molecular weight is 322 g/mol. The minimum absolute atomic E-state index is 0.0546. The summed E-state index contributed by atoms with van der Waals surface area (Å²) in [5.41, 5.74) is 0.244. The molecule has 4 rings (SSSR count).